The minimum absolute atomic E-state index is 0.519. The molecule has 2 aromatic carbocycles. The first-order valence-corrected chi connectivity index (χ1v) is 6.90. The fraction of sp³-hybridized carbons (Fsp3) is 0.125. The van der Waals surface area contributed by atoms with E-state index in [0.717, 1.165) is 22.2 Å². The van der Waals surface area contributed by atoms with Gasteiger partial charge in [-0.2, -0.15) is 5.10 Å². The molecule has 0 radical (unpaired) electrons. The molecule has 106 valence electrons. The van der Waals surface area contributed by atoms with Crippen LogP contribution < -0.4 is 0 Å². The average molecular weight is 301 g/mol. The van der Waals surface area contributed by atoms with Gasteiger partial charge in [-0.05, 0) is 42.8 Å². The minimum atomic E-state index is -0.831. The van der Waals surface area contributed by atoms with Crippen LogP contribution in [0.15, 0.2) is 48.7 Å². The molecule has 3 rings (SSSR count). The van der Waals surface area contributed by atoms with Gasteiger partial charge in [0.1, 0.15) is 0 Å². The van der Waals surface area contributed by atoms with Crippen LogP contribution in [0.3, 0.4) is 0 Å². The molecule has 5 heteroatoms. The number of carbonyl (C=O) groups is 1. The van der Waals surface area contributed by atoms with Crippen LogP contribution in [0.2, 0.25) is 5.02 Å². The zero-order valence-corrected chi connectivity index (χ0v) is 12.1. The summed E-state index contributed by atoms with van der Waals surface area (Å²) in [5.41, 5.74) is 2.47. The maximum absolute atomic E-state index is 11.0. The molecule has 3 aromatic rings. The molecule has 0 fully saturated rings. The van der Waals surface area contributed by atoms with Crippen LogP contribution in [0.4, 0.5) is 0 Å². The highest BCUT2D eigenvalue weighted by Crippen LogP contribution is 2.21. The van der Waals surface area contributed by atoms with Crippen molar-refractivity contribution in [3.05, 3.63) is 59.2 Å². The lowest BCUT2D eigenvalue weighted by Crippen LogP contribution is -2.07. The molecular formula is C16H13ClN2O2. The average Bonchev–Trinajstić information content (AvgIpc) is 2.89. The van der Waals surface area contributed by atoms with Crippen LogP contribution in [0, 0.1) is 0 Å². The summed E-state index contributed by atoms with van der Waals surface area (Å²) in [6, 6.07) is 12.9. The van der Waals surface area contributed by atoms with Crippen molar-refractivity contribution in [1.82, 2.24) is 9.78 Å². The zero-order chi connectivity index (χ0) is 15.0. The summed E-state index contributed by atoms with van der Waals surface area (Å²) < 4.78 is 1.76. The lowest BCUT2D eigenvalue weighted by atomic mass is 10.0. The van der Waals surface area contributed by atoms with Gasteiger partial charge < -0.3 is 5.11 Å². The molecule has 0 saturated heterocycles. The Morgan fingerprint density at radius 1 is 1.24 bits per heavy atom. The zero-order valence-electron chi connectivity index (χ0n) is 11.3. The van der Waals surface area contributed by atoms with Crippen molar-refractivity contribution in [2.24, 2.45) is 0 Å². The van der Waals surface area contributed by atoms with Gasteiger partial charge in [-0.15, -0.1) is 0 Å². The summed E-state index contributed by atoms with van der Waals surface area (Å²) in [6.45, 7) is 1.67. The number of aliphatic carboxylic acids is 1. The van der Waals surface area contributed by atoms with Gasteiger partial charge >= 0.3 is 5.97 Å². The number of nitrogens with zero attached hydrogens (tertiary/aromatic N) is 2. The maximum atomic E-state index is 11.0. The first kappa shape index (κ1) is 13.6. The van der Waals surface area contributed by atoms with Crippen molar-refractivity contribution >= 4 is 28.5 Å². The summed E-state index contributed by atoms with van der Waals surface area (Å²) >= 11 is 5.95. The van der Waals surface area contributed by atoms with Crippen LogP contribution >= 0.6 is 11.6 Å². The molecular weight excluding hydrogens is 288 g/mol. The Balaban J connectivity index is 1.97. The largest absolute Gasteiger partial charge is 0.481 e. The summed E-state index contributed by atoms with van der Waals surface area (Å²) in [7, 11) is 0. The number of hydrogen-bond donors (Lipinski definition) is 1. The SMILES string of the molecule is CC(C(=O)O)c1ccc(-n2cc3ccc(Cl)cc3n2)cc1. The smallest absolute Gasteiger partial charge is 0.310 e. The van der Waals surface area contributed by atoms with Crippen LogP contribution in [-0.2, 0) is 4.79 Å². The van der Waals surface area contributed by atoms with E-state index >= 15 is 0 Å². The molecule has 1 heterocycles. The quantitative estimate of drug-likeness (QED) is 0.799. The van der Waals surface area contributed by atoms with E-state index in [1.165, 1.54) is 0 Å². The second-order valence-electron chi connectivity index (χ2n) is 4.93. The van der Waals surface area contributed by atoms with E-state index in [9.17, 15) is 4.79 Å². The minimum Gasteiger partial charge on any atom is -0.481 e. The molecule has 1 unspecified atom stereocenters. The molecule has 0 amide bonds. The van der Waals surface area contributed by atoms with Crippen LogP contribution in [-0.4, -0.2) is 20.9 Å². The van der Waals surface area contributed by atoms with Crippen molar-refractivity contribution in [1.29, 1.82) is 0 Å². The number of aromatic nitrogens is 2. The standard InChI is InChI=1S/C16H13ClN2O2/c1-10(16(20)21)11-3-6-14(7-4-11)19-9-12-2-5-13(17)8-15(12)18-19/h2-10H,1H3,(H,20,21). The fourth-order valence-corrected chi connectivity index (χ4v) is 2.35. The predicted molar refractivity (Wildman–Crippen MR) is 82.1 cm³/mol. The van der Waals surface area contributed by atoms with E-state index in [1.807, 2.05) is 48.7 Å². The molecule has 0 spiro atoms. The second-order valence-corrected chi connectivity index (χ2v) is 5.36. The van der Waals surface area contributed by atoms with Crippen molar-refractivity contribution < 1.29 is 9.90 Å². The van der Waals surface area contributed by atoms with E-state index in [0.29, 0.717) is 5.02 Å². The predicted octanol–water partition coefficient (Wildman–Crippen LogP) is 3.87. The fourth-order valence-electron chi connectivity index (χ4n) is 2.18. The Morgan fingerprint density at radius 2 is 1.95 bits per heavy atom. The topological polar surface area (TPSA) is 55.1 Å². The normalized spacial score (nSPS) is 12.5. The Morgan fingerprint density at radius 3 is 2.62 bits per heavy atom. The monoisotopic (exact) mass is 300 g/mol. The maximum Gasteiger partial charge on any atom is 0.310 e. The summed E-state index contributed by atoms with van der Waals surface area (Å²) in [4.78, 5) is 11.0. The number of halogens is 1. The first-order chi connectivity index (χ1) is 10.0. The number of benzene rings is 2. The molecule has 0 bridgehead atoms. The van der Waals surface area contributed by atoms with E-state index < -0.39 is 11.9 Å². The Hall–Kier alpha value is -2.33. The second kappa shape index (κ2) is 5.22. The third-order valence-electron chi connectivity index (χ3n) is 3.50. The highest BCUT2D eigenvalue weighted by atomic mass is 35.5. The lowest BCUT2D eigenvalue weighted by molar-refractivity contribution is -0.138. The molecule has 1 aromatic heterocycles. The van der Waals surface area contributed by atoms with E-state index in [4.69, 9.17) is 16.7 Å². The molecule has 1 N–H and O–H groups in total. The van der Waals surface area contributed by atoms with E-state index in [1.54, 1.807) is 11.6 Å². The number of carboxylic acid groups (broad SMARTS) is 1. The van der Waals surface area contributed by atoms with Gasteiger partial charge in [0.05, 0.1) is 17.1 Å². The lowest BCUT2D eigenvalue weighted by Gasteiger charge is -2.07. The molecule has 0 aliphatic rings. The van der Waals surface area contributed by atoms with Gasteiger partial charge in [-0.1, -0.05) is 23.7 Å². The van der Waals surface area contributed by atoms with Gasteiger partial charge in [0.15, 0.2) is 0 Å². The number of rotatable bonds is 3. The summed E-state index contributed by atoms with van der Waals surface area (Å²) in [5.74, 6) is -1.35. The van der Waals surface area contributed by atoms with Crippen molar-refractivity contribution in [2.45, 2.75) is 12.8 Å². The van der Waals surface area contributed by atoms with E-state index in [2.05, 4.69) is 5.10 Å². The number of carboxylic acids is 1. The van der Waals surface area contributed by atoms with Gasteiger partial charge in [0.25, 0.3) is 0 Å². The molecule has 0 saturated carbocycles. The van der Waals surface area contributed by atoms with Gasteiger partial charge in [0.2, 0.25) is 0 Å². The number of fused-ring (bicyclic) bond motifs is 1. The molecule has 0 aliphatic heterocycles. The highest BCUT2D eigenvalue weighted by Gasteiger charge is 2.13. The Labute approximate surface area is 126 Å². The third-order valence-corrected chi connectivity index (χ3v) is 3.73. The van der Waals surface area contributed by atoms with Crippen molar-refractivity contribution in [3.8, 4) is 5.69 Å². The molecule has 4 nitrogen and oxygen atoms in total. The van der Waals surface area contributed by atoms with Crippen LogP contribution in [0.5, 0.6) is 0 Å². The Bertz CT molecular complexity index is 809. The van der Waals surface area contributed by atoms with Crippen LogP contribution in [0.25, 0.3) is 16.6 Å². The van der Waals surface area contributed by atoms with Crippen molar-refractivity contribution in [3.63, 3.8) is 0 Å². The van der Waals surface area contributed by atoms with Crippen molar-refractivity contribution in [2.75, 3.05) is 0 Å². The molecule has 1 atom stereocenters. The van der Waals surface area contributed by atoms with Gasteiger partial charge in [-0.3, -0.25) is 4.79 Å². The summed E-state index contributed by atoms with van der Waals surface area (Å²) in [6.07, 6.45) is 1.92. The number of hydrogen-bond acceptors (Lipinski definition) is 2. The van der Waals surface area contributed by atoms with Crippen LogP contribution in [0.1, 0.15) is 18.4 Å². The van der Waals surface area contributed by atoms with Gasteiger partial charge in [-0.25, -0.2) is 4.68 Å². The first-order valence-electron chi connectivity index (χ1n) is 6.52. The Kier molecular flexibility index (Phi) is 3.39. The highest BCUT2D eigenvalue weighted by molar-refractivity contribution is 6.31. The summed E-state index contributed by atoms with van der Waals surface area (Å²) in [5, 5.41) is 15.1. The van der Waals surface area contributed by atoms with E-state index in [-0.39, 0.29) is 0 Å². The van der Waals surface area contributed by atoms with Gasteiger partial charge in [0, 0.05) is 16.6 Å². The third kappa shape index (κ3) is 2.62. The molecule has 0 aliphatic carbocycles. The molecule has 21 heavy (non-hydrogen) atoms.